The van der Waals surface area contributed by atoms with E-state index in [2.05, 4.69) is 24.1 Å². The van der Waals surface area contributed by atoms with Crippen molar-refractivity contribution < 1.29 is 4.79 Å². The number of hydrogen-bond acceptors (Lipinski definition) is 3. The quantitative estimate of drug-likeness (QED) is 0.753. The van der Waals surface area contributed by atoms with Crippen LogP contribution < -0.4 is 5.32 Å². The van der Waals surface area contributed by atoms with Crippen molar-refractivity contribution in [1.82, 2.24) is 10.2 Å². The van der Waals surface area contributed by atoms with Crippen LogP contribution in [0.4, 0.5) is 0 Å². The predicted octanol–water partition coefficient (Wildman–Crippen LogP) is 1.34. The molecule has 0 saturated carbocycles. The second-order valence-corrected chi connectivity index (χ2v) is 6.63. The van der Waals surface area contributed by atoms with Gasteiger partial charge in [-0.3, -0.25) is 4.79 Å². The zero-order valence-electron chi connectivity index (χ0n) is 10.3. The molecule has 2 fully saturated rings. The standard InChI is InChI=1S/C12H22N2OS/c1-12(2)9-13-5-6-14(11(12)15)10-3-7-16-8-4-10/h10,13H,3-9H2,1-2H3. The lowest BCUT2D eigenvalue weighted by atomic mass is 9.91. The molecule has 0 bridgehead atoms. The molecular weight excluding hydrogens is 220 g/mol. The fraction of sp³-hybridized carbons (Fsp3) is 0.917. The molecule has 4 heteroatoms. The van der Waals surface area contributed by atoms with Gasteiger partial charge in [0.1, 0.15) is 0 Å². The maximum absolute atomic E-state index is 12.4. The van der Waals surface area contributed by atoms with E-state index >= 15 is 0 Å². The van der Waals surface area contributed by atoms with Crippen LogP contribution >= 0.6 is 11.8 Å². The number of carbonyl (C=O) groups is 1. The fourth-order valence-electron chi connectivity index (χ4n) is 2.51. The van der Waals surface area contributed by atoms with Crippen molar-refractivity contribution in [3.63, 3.8) is 0 Å². The maximum atomic E-state index is 12.4. The lowest BCUT2D eigenvalue weighted by Crippen LogP contribution is -2.48. The molecule has 3 nitrogen and oxygen atoms in total. The topological polar surface area (TPSA) is 32.3 Å². The Hall–Kier alpha value is -0.220. The van der Waals surface area contributed by atoms with Crippen LogP contribution in [0.25, 0.3) is 0 Å². The van der Waals surface area contributed by atoms with Crippen molar-refractivity contribution in [2.75, 3.05) is 31.1 Å². The number of nitrogens with zero attached hydrogens (tertiary/aromatic N) is 1. The number of thioether (sulfide) groups is 1. The normalized spacial score (nSPS) is 27.9. The molecule has 0 aromatic heterocycles. The van der Waals surface area contributed by atoms with Crippen molar-refractivity contribution in [3.05, 3.63) is 0 Å². The highest BCUT2D eigenvalue weighted by Gasteiger charge is 2.37. The van der Waals surface area contributed by atoms with Gasteiger partial charge in [0.05, 0.1) is 5.41 Å². The van der Waals surface area contributed by atoms with Crippen molar-refractivity contribution >= 4 is 17.7 Å². The SMILES string of the molecule is CC1(C)CNCCN(C2CCSCC2)C1=O. The van der Waals surface area contributed by atoms with E-state index in [-0.39, 0.29) is 5.41 Å². The minimum atomic E-state index is -0.235. The third-order valence-electron chi connectivity index (χ3n) is 3.57. The first-order valence-electron chi connectivity index (χ1n) is 6.21. The summed E-state index contributed by atoms with van der Waals surface area (Å²) in [6.07, 6.45) is 2.35. The minimum absolute atomic E-state index is 0.235. The minimum Gasteiger partial charge on any atom is -0.338 e. The van der Waals surface area contributed by atoms with E-state index in [1.54, 1.807) is 0 Å². The van der Waals surface area contributed by atoms with E-state index in [0.717, 1.165) is 19.6 Å². The summed E-state index contributed by atoms with van der Waals surface area (Å²) in [6, 6.07) is 0.493. The van der Waals surface area contributed by atoms with Gasteiger partial charge < -0.3 is 10.2 Å². The van der Waals surface area contributed by atoms with Gasteiger partial charge in [-0.05, 0) is 38.2 Å². The Morgan fingerprint density at radius 1 is 1.38 bits per heavy atom. The molecule has 1 amide bonds. The van der Waals surface area contributed by atoms with Gasteiger partial charge in [-0.15, -0.1) is 0 Å². The molecule has 2 heterocycles. The van der Waals surface area contributed by atoms with Crippen molar-refractivity contribution in [3.8, 4) is 0 Å². The lowest BCUT2D eigenvalue weighted by molar-refractivity contribution is -0.141. The summed E-state index contributed by atoms with van der Waals surface area (Å²) in [5.41, 5.74) is -0.235. The van der Waals surface area contributed by atoms with Crippen LogP contribution in [0.1, 0.15) is 26.7 Å². The Labute approximate surface area is 102 Å². The van der Waals surface area contributed by atoms with Crippen LogP contribution in [-0.2, 0) is 4.79 Å². The van der Waals surface area contributed by atoms with Crippen LogP contribution in [0, 0.1) is 5.41 Å². The third kappa shape index (κ3) is 2.54. The largest absolute Gasteiger partial charge is 0.338 e. The molecule has 16 heavy (non-hydrogen) atoms. The van der Waals surface area contributed by atoms with E-state index in [1.807, 2.05) is 11.8 Å². The molecule has 0 aromatic carbocycles. The van der Waals surface area contributed by atoms with Crippen LogP contribution in [-0.4, -0.2) is 48.0 Å². The van der Waals surface area contributed by atoms with Crippen LogP contribution in [0.3, 0.4) is 0 Å². The highest BCUT2D eigenvalue weighted by atomic mass is 32.2. The summed E-state index contributed by atoms with van der Waals surface area (Å²) in [6.45, 7) is 6.75. The summed E-state index contributed by atoms with van der Waals surface area (Å²) < 4.78 is 0. The fourth-order valence-corrected chi connectivity index (χ4v) is 3.59. The lowest BCUT2D eigenvalue weighted by Gasteiger charge is -2.36. The van der Waals surface area contributed by atoms with Gasteiger partial charge in [0.25, 0.3) is 0 Å². The summed E-state index contributed by atoms with van der Waals surface area (Å²) in [4.78, 5) is 14.6. The highest BCUT2D eigenvalue weighted by Crippen LogP contribution is 2.27. The van der Waals surface area contributed by atoms with Crippen LogP contribution in [0.15, 0.2) is 0 Å². The van der Waals surface area contributed by atoms with E-state index < -0.39 is 0 Å². The van der Waals surface area contributed by atoms with Crippen molar-refractivity contribution in [1.29, 1.82) is 0 Å². The van der Waals surface area contributed by atoms with Gasteiger partial charge in [0.15, 0.2) is 0 Å². The molecular formula is C12H22N2OS. The molecule has 92 valence electrons. The first-order chi connectivity index (χ1) is 7.61. The van der Waals surface area contributed by atoms with E-state index in [9.17, 15) is 4.79 Å². The van der Waals surface area contributed by atoms with Gasteiger partial charge in [0, 0.05) is 25.7 Å². The molecule has 0 atom stereocenters. The molecule has 0 aromatic rings. The first kappa shape index (κ1) is 12.2. The Balaban J connectivity index is 2.08. The summed E-state index contributed by atoms with van der Waals surface area (Å²) >= 11 is 2.02. The summed E-state index contributed by atoms with van der Waals surface area (Å²) in [5.74, 6) is 2.76. The van der Waals surface area contributed by atoms with Crippen molar-refractivity contribution in [2.45, 2.75) is 32.7 Å². The Kier molecular flexibility index (Phi) is 3.80. The number of amides is 1. The van der Waals surface area contributed by atoms with Crippen LogP contribution in [0.5, 0.6) is 0 Å². The highest BCUT2D eigenvalue weighted by molar-refractivity contribution is 7.99. The average molecular weight is 242 g/mol. The molecule has 2 rings (SSSR count). The summed E-state index contributed by atoms with van der Waals surface area (Å²) in [7, 11) is 0. The molecule has 0 spiro atoms. The second kappa shape index (κ2) is 4.96. The maximum Gasteiger partial charge on any atom is 0.229 e. The van der Waals surface area contributed by atoms with Gasteiger partial charge >= 0.3 is 0 Å². The number of hydrogen-bond donors (Lipinski definition) is 1. The second-order valence-electron chi connectivity index (χ2n) is 5.40. The Morgan fingerprint density at radius 3 is 2.75 bits per heavy atom. The first-order valence-corrected chi connectivity index (χ1v) is 7.36. The molecule has 2 aliphatic rings. The molecule has 0 radical (unpaired) electrons. The Bertz CT molecular complexity index is 262. The number of rotatable bonds is 1. The zero-order chi connectivity index (χ0) is 11.6. The molecule has 2 aliphatic heterocycles. The van der Waals surface area contributed by atoms with Gasteiger partial charge in [-0.1, -0.05) is 0 Å². The average Bonchev–Trinajstić information content (AvgIpc) is 2.41. The molecule has 0 unspecified atom stereocenters. The predicted molar refractivity (Wildman–Crippen MR) is 68.7 cm³/mol. The molecule has 1 N–H and O–H groups in total. The molecule has 2 saturated heterocycles. The van der Waals surface area contributed by atoms with Gasteiger partial charge in [-0.25, -0.2) is 0 Å². The third-order valence-corrected chi connectivity index (χ3v) is 4.62. The molecule has 0 aliphatic carbocycles. The Morgan fingerprint density at radius 2 is 2.06 bits per heavy atom. The van der Waals surface area contributed by atoms with Gasteiger partial charge in [-0.2, -0.15) is 11.8 Å². The van der Waals surface area contributed by atoms with Gasteiger partial charge in [0.2, 0.25) is 5.91 Å². The smallest absolute Gasteiger partial charge is 0.229 e. The van der Waals surface area contributed by atoms with Crippen LogP contribution in [0.2, 0.25) is 0 Å². The van der Waals surface area contributed by atoms with E-state index in [1.165, 1.54) is 24.3 Å². The van der Waals surface area contributed by atoms with E-state index in [4.69, 9.17) is 0 Å². The number of nitrogens with one attached hydrogen (secondary N) is 1. The monoisotopic (exact) mass is 242 g/mol. The zero-order valence-corrected chi connectivity index (χ0v) is 11.1. The summed E-state index contributed by atoms with van der Waals surface area (Å²) in [5, 5.41) is 3.37. The van der Waals surface area contributed by atoms with Crippen molar-refractivity contribution in [2.24, 2.45) is 5.41 Å². The van der Waals surface area contributed by atoms with E-state index in [0.29, 0.717) is 11.9 Å². The number of carbonyl (C=O) groups excluding carboxylic acids is 1.